The minimum absolute atomic E-state index is 0.123. The van der Waals surface area contributed by atoms with Gasteiger partial charge in [0.05, 0.1) is 5.38 Å². The molecule has 0 saturated heterocycles. The Morgan fingerprint density at radius 3 is 2.38 bits per heavy atom. The first kappa shape index (κ1) is 13.8. The van der Waals surface area contributed by atoms with E-state index in [1.807, 2.05) is 0 Å². The van der Waals surface area contributed by atoms with Crippen LogP contribution in [0.25, 0.3) is 0 Å². The third-order valence-electron chi connectivity index (χ3n) is 2.41. The van der Waals surface area contributed by atoms with Crippen molar-refractivity contribution in [1.82, 2.24) is 0 Å². The molecule has 0 radical (unpaired) electrons. The van der Waals surface area contributed by atoms with E-state index in [9.17, 15) is 4.39 Å². The summed E-state index contributed by atoms with van der Waals surface area (Å²) in [6, 6.07) is 3.07. The fraction of sp³-hybridized carbons (Fsp3) is 0.538. The molecule has 0 bridgehead atoms. The average molecular weight is 263 g/mol. The van der Waals surface area contributed by atoms with Gasteiger partial charge in [0.15, 0.2) is 0 Å². The summed E-state index contributed by atoms with van der Waals surface area (Å²) in [5.74, 6) is -0.284. The summed E-state index contributed by atoms with van der Waals surface area (Å²) in [5, 5.41) is 0.235. The lowest BCUT2D eigenvalue weighted by molar-refractivity contribution is 0.372. The molecule has 0 fully saturated rings. The average Bonchev–Trinajstić information content (AvgIpc) is 2.08. The van der Waals surface area contributed by atoms with Gasteiger partial charge < -0.3 is 0 Å². The van der Waals surface area contributed by atoms with Gasteiger partial charge in [0.25, 0.3) is 0 Å². The number of hydrogen-bond donors (Lipinski definition) is 0. The van der Waals surface area contributed by atoms with E-state index in [0.717, 1.165) is 12.0 Å². The van der Waals surface area contributed by atoms with Crippen LogP contribution in [-0.4, -0.2) is 0 Å². The number of alkyl halides is 1. The minimum Gasteiger partial charge on any atom is -0.207 e. The highest BCUT2D eigenvalue weighted by molar-refractivity contribution is 6.32. The van der Waals surface area contributed by atoms with Crippen LogP contribution in [0.5, 0.6) is 0 Å². The Morgan fingerprint density at radius 2 is 1.88 bits per heavy atom. The molecule has 0 aliphatic carbocycles. The van der Waals surface area contributed by atoms with Crippen molar-refractivity contribution < 1.29 is 4.39 Å². The predicted molar refractivity (Wildman–Crippen MR) is 68.8 cm³/mol. The zero-order chi connectivity index (χ0) is 12.5. The summed E-state index contributed by atoms with van der Waals surface area (Å²) >= 11 is 12.3. The second kappa shape index (κ2) is 4.93. The lowest BCUT2D eigenvalue weighted by Crippen LogP contribution is -2.09. The van der Waals surface area contributed by atoms with Crippen molar-refractivity contribution in [2.24, 2.45) is 5.41 Å². The van der Waals surface area contributed by atoms with Crippen molar-refractivity contribution in [3.05, 3.63) is 34.1 Å². The standard InChI is InChI=1S/C13H17Cl2F/c1-8-5-9(10(14)6-12(8)16)11(15)7-13(2,3)4/h5-6,11H,7H2,1-4H3. The van der Waals surface area contributed by atoms with Crippen LogP contribution in [0.15, 0.2) is 12.1 Å². The number of rotatable bonds is 2. The molecule has 16 heavy (non-hydrogen) atoms. The van der Waals surface area contributed by atoms with Gasteiger partial charge in [0.1, 0.15) is 5.82 Å². The zero-order valence-electron chi connectivity index (χ0n) is 10.1. The van der Waals surface area contributed by atoms with Gasteiger partial charge in [-0.1, -0.05) is 38.4 Å². The maximum absolute atomic E-state index is 13.2. The van der Waals surface area contributed by atoms with E-state index in [0.29, 0.717) is 10.6 Å². The van der Waals surface area contributed by atoms with E-state index in [1.54, 1.807) is 13.0 Å². The molecule has 1 aromatic carbocycles. The predicted octanol–water partition coefficient (Wildman–Crippen LogP) is 5.50. The van der Waals surface area contributed by atoms with Crippen LogP contribution >= 0.6 is 23.2 Å². The van der Waals surface area contributed by atoms with Gasteiger partial charge in [-0.2, -0.15) is 0 Å². The highest BCUT2D eigenvalue weighted by Crippen LogP contribution is 2.38. The molecular weight excluding hydrogens is 246 g/mol. The summed E-state index contributed by atoms with van der Waals surface area (Å²) in [4.78, 5) is 0. The van der Waals surface area contributed by atoms with E-state index >= 15 is 0 Å². The molecule has 3 heteroatoms. The van der Waals surface area contributed by atoms with Crippen LogP contribution in [-0.2, 0) is 0 Å². The highest BCUT2D eigenvalue weighted by atomic mass is 35.5. The minimum atomic E-state index is -0.284. The van der Waals surface area contributed by atoms with Gasteiger partial charge in [-0.3, -0.25) is 0 Å². The molecular formula is C13H17Cl2F. The monoisotopic (exact) mass is 262 g/mol. The van der Waals surface area contributed by atoms with E-state index in [-0.39, 0.29) is 16.6 Å². The second-order valence-electron chi connectivity index (χ2n) is 5.36. The first-order chi connectivity index (χ1) is 7.20. The molecule has 0 spiro atoms. The number of halogens is 3. The van der Waals surface area contributed by atoms with E-state index in [2.05, 4.69) is 20.8 Å². The Labute approximate surface area is 107 Å². The molecule has 0 aliphatic heterocycles. The van der Waals surface area contributed by atoms with Crippen LogP contribution in [0.3, 0.4) is 0 Å². The van der Waals surface area contributed by atoms with Crippen molar-refractivity contribution >= 4 is 23.2 Å². The van der Waals surface area contributed by atoms with Gasteiger partial charge in [-0.25, -0.2) is 4.39 Å². The van der Waals surface area contributed by atoms with Gasteiger partial charge in [0.2, 0.25) is 0 Å². The highest BCUT2D eigenvalue weighted by Gasteiger charge is 2.21. The Balaban J connectivity index is 3.00. The van der Waals surface area contributed by atoms with Crippen molar-refractivity contribution in [3.8, 4) is 0 Å². The van der Waals surface area contributed by atoms with Crippen LogP contribution in [0, 0.1) is 18.2 Å². The quantitative estimate of drug-likeness (QED) is 0.617. The molecule has 0 heterocycles. The molecule has 1 atom stereocenters. The van der Waals surface area contributed by atoms with Crippen LogP contribution in [0.4, 0.5) is 4.39 Å². The lowest BCUT2D eigenvalue weighted by Gasteiger charge is -2.23. The van der Waals surface area contributed by atoms with Crippen LogP contribution in [0.1, 0.15) is 43.7 Å². The smallest absolute Gasteiger partial charge is 0.127 e. The third-order valence-corrected chi connectivity index (χ3v) is 3.12. The van der Waals surface area contributed by atoms with Crippen molar-refractivity contribution in [3.63, 3.8) is 0 Å². The zero-order valence-corrected chi connectivity index (χ0v) is 11.6. The Kier molecular flexibility index (Phi) is 4.25. The first-order valence-electron chi connectivity index (χ1n) is 5.30. The van der Waals surface area contributed by atoms with Crippen molar-refractivity contribution in [1.29, 1.82) is 0 Å². The van der Waals surface area contributed by atoms with Crippen molar-refractivity contribution in [2.75, 3.05) is 0 Å². The molecule has 0 aliphatic rings. The summed E-state index contributed by atoms with van der Waals surface area (Å²) in [6.45, 7) is 8.07. The Hall–Kier alpha value is -0.270. The molecule has 90 valence electrons. The van der Waals surface area contributed by atoms with Gasteiger partial charge >= 0.3 is 0 Å². The molecule has 0 amide bonds. The molecule has 1 unspecified atom stereocenters. The first-order valence-corrected chi connectivity index (χ1v) is 6.12. The number of aryl methyl sites for hydroxylation is 1. The summed E-state index contributed by atoms with van der Waals surface area (Å²) in [5.41, 5.74) is 1.52. The van der Waals surface area contributed by atoms with Crippen LogP contribution in [0.2, 0.25) is 5.02 Å². The normalized spacial score (nSPS) is 13.9. The number of benzene rings is 1. The largest absolute Gasteiger partial charge is 0.207 e. The second-order valence-corrected chi connectivity index (χ2v) is 6.29. The molecule has 0 nitrogen and oxygen atoms in total. The Morgan fingerprint density at radius 1 is 1.31 bits per heavy atom. The van der Waals surface area contributed by atoms with E-state index in [4.69, 9.17) is 23.2 Å². The lowest BCUT2D eigenvalue weighted by atomic mass is 9.88. The van der Waals surface area contributed by atoms with E-state index < -0.39 is 0 Å². The van der Waals surface area contributed by atoms with Crippen molar-refractivity contribution in [2.45, 2.75) is 39.5 Å². The molecule has 1 aromatic rings. The van der Waals surface area contributed by atoms with Gasteiger partial charge in [-0.05, 0) is 36.0 Å². The SMILES string of the molecule is Cc1cc(C(Cl)CC(C)(C)C)c(Cl)cc1F. The summed E-state index contributed by atoms with van der Waals surface area (Å²) in [6.07, 6.45) is 0.805. The third kappa shape index (κ3) is 3.64. The topological polar surface area (TPSA) is 0 Å². The molecule has 0 saturated carbocycles. The molecule has 0 N–H and O–H groups in total. The molecule has 1 rings (SSSR count). The maximum atomic E-state index is 13.2. The van der Waals surface area contributed by atoms with Crippen LogP contribution < -0.4 is 0 Å². The van der Waals surface area contributed by atoms with Gasteiger partial charge in [-0.15, -0.1) is 11.6 Å². The Bertz CT molecular complexity index is 380. The fourth-order valence-corrected chi connectivity index (χ4v) is 2.55. The number of hydrogen-bond acceptors (Lipinski definition) is 0. The van der Waals surface area contributed by atoms with Gasteiger partial charge in [0, 0.05) is 5.02 Å². The molecule has 0 aromatic heterocycles. The summed E-state index contributed by atoms with van der Waals surface area (Å²) < 4.78 is 13.2. The fourth-order valence-electron chi connectivity index (χ4n) is 1.57. The summed E-state index contributed by atoms with van der Waals surface area (Å²) in [7, 11) is 0. The van der Waals surface area contributed by atoms with E-state index in [1.165, 1.54) is 6.07 Å². The maximum Gasteiger partial charge on any atom is 0.127 e.